The van der Waals surface area contributed by atoms with E-state index in [1.54, 1.807) is 7.05 Å². The molecule has 2 aliphatic rings. The Morgan fingerprint density at radius 3 is 3.10 bits per heavy atom. The molecule has 0 aliphatic carbocycles. The van der Waals surface area contributed by atoms with Crippen LogP contribution in [0.4, 0.5) is 0 Å². The third-order valence-electron chi connectivity index (χ3n) is 4.05. The molecule has 118 valence electrons. The van der Waals surface area contributed by atoms with Crippen LogP contribution in [0.15, 0.2) is 11.4 Å². The van der Waals surface area contributed by atoms with Crippen LogP contribution in [0.2, 0.25) is 5.15 Å². The number of rotatable bonds is 4. The number of aromatic nitrogens is 2. The molecule has 3 rings (SSSR count). The molecule has 0 aromatic carbocycles. The van der Waals surface area contributed by atoms with Gasteiger partial charge in [0.05, 0.1) is 19.0 Å². The Hall–Kier alpha value is -0.670. The third-order valence-corrected chi connectivity index (χ3v) is 5.96. The van der Waals surface area contributed by atoms with Gasteiger partial charge in [-0.25, -0.2) is 18.1 Å². The number of ether oxygens (including phenoxy) is 1. The lowest BCUT2D eigenvalue weighted by molar-refractivity contribution is -0.0449. The van der Waals surface area contributed by atoms with Crippen molar-refractivity contribution in [2.75, 3.05) is 26.2 Å². The van der Waals surface area contributed by atoms with Gasteiger partial charge < -0.3 is 9.30 Å². The maximum absolute atomic E-state index is 12.2. The van der Waals surface area contributed by atoms with Crippen molar-refractivity contribution in [3.63, 3.8) is 0 Å². The van der Waals surface area contributed by atoms with Crippen LogP contribution in [-0.4, -0.2) is 61.3 Å². The lowest BCUT2D eigenvalue weighted by Crippen LogP contribution is -2.50. The first-order chi connectivity index (χ1) is 9.97. The Kier molecular flexibility index (Phi) is 4.24. The van der Waals surface area contributed by atoms with Gasteiger partial charge in [-0.2, -0.15) is 0 Å². The fraction of sp³-hybridized carbons (Fsp3) is 0.750. The van der Waals surface area contributed by atoms with E-state index in [4.69, 9.17) is 16.3 Å². The van der Waals surface area contributed by atoms with Crippen molar-refractivity contribution in [3.05, 3.63) is 11.5 Å². The van der Waals surface area contributed by atoms with Crippen molar-refractivity contribution in [1.29, 1.82) is 0 Å². The van der Waals surface area contributed by atoms with E-state index in [0.717, 1.165) is 13.1 Å². The first-order valence-corrected chi connectivity index (χ1v) is 8.85. The quantitative estimate of drug-likeness (QED) is 0.852. The van der Waals surface area contributed by atoms with Gasteiger partial charge in [-0.05, 0) is 19.4 Å². The van der Waals surface area contributed by atoms with Crippen LogP contribution in [0.3, 0.4) is 0 Å². The number of nitrogens with one attached hydrogen (secondary N) is 1. The second kappa shape index (κ2) is 5.85. The van der Waals surface area contributed by atoms with Crippen molar-refractivity contribution in [2.45, 2.75) is 30.0 Å². The van der Waals surface area contributed by atoms with Gasteiger partial charge in [0.2, 0.25) is 5.03 Å². The van der Waals surface area contributed by atoms with E-state index in [-0.39, 0.29) is 22.8 Å². The zero-order chi connectivity index (χ0) is 15.0. The van der Waals surface area contributed by atoms with Crippen molar-refractivity contribution >= 4 is 21.6 Å². The maximum atomic E-state index is 12.2. The summed E-state index contributed by atoms with van der Waals surface area (Å²) in [4.78, 5) is 6.20. The molecule has 2 unspecified atom stereocenters. The molecule has 3 heterocycles. The number of nitrogens with zero attached hydrogens (tertiary/aromatic N) is 3. The summed E-state index contributed by atoms with van der Waals surface area (Å²) in [6.45, 7) is 2.75. The van der Waals surface area contributed by atoms with Gasteiger partial charge in [-0.1, -0.05) is 11.6 Å². The van der Waals surface area contributed by atoms with E-state index >= 15 is 0 Å². The van der Waals surface area contributed by atoms with Gasteiger partial charge >= 0.3 is 0 Å². The summed E-state index contributed by atoms with van der Waals surface area (Å²) in [7, 11) is -2.06. The standard InChI is InChI=1S/C12H19ClN4O3S/c1-16-8-14-12(11(16)13)21(18,19)15-5-10-6-17-4-2-3-9(17)7-20-10/h8-10,15H,2-7H2,1H3. The molecule has 0 saturated carbocycles. The molecule has 0 radical (unpaired) electrons. The lowest BCUT2D eigenvalue weighted by Gasteiger charge is -2.35. The highest BCUT2D eigenvalue weighted by atomic mass is 35.5. The zero-order valence-corrected chi connectivity index (χ0v) is 13.4. The maximum Gasteiger partial charge on any atom is 0.261 e. The Morgan fingerprint density at radius 1 is 1.57 bits per heavy atom. The number of hydrogen-bond acceptors (Lipinski definition) is 5. The van der Waals surface area contributed by atoms with Crippen molar-refractivity contribution in [1.82, 2.24) is 19.2 Å². The van der Waals surface area contributed by atoms with Crippen molar-refractivity contribution < 1.29 is 13.2 Å². The Bertz CT molecular complexity index is 618. The molecule has 1 aromatic heterocycles. The number of aryl methyl sites for hydroxylation is 1. The Morgan fingerprint density at radius 2 is 2.38 bits per heavy atom. The summed E-state index contributed by atoms with van der Waals surface area (Å²) in [5.41, 5.74) is 0. The van der Waals surface area contributed by atoms with Gasteiger partial charge in [-0.15, -0.1) is 0 Å². The molecule has 9 heteroatoms. The van der Waals surface area contributed by atoms with Crippen LogP contribution in [-0.2, 0) is 21.8 Å². The van der Waals surface area contributed by atoms with E-state index in [1.807, 2.05) is 0 Å². The van der Waals surface area contributed by atoms with Gasteiger partial charge in [0.1, 0.15) is 5.15 Å². The van der Waals surface area contributed by atoms with E-state index in [0.29, 0.717) is 12.6 Å². The first kappa shape index (κ1) is 15.2. The predicted molar refractivity (Wildman–Crippen MR) is 77.7 cm³/mol. The molecule has 7 nitrogen and oxygen atoms in total. The number of sulfonamides is 1. The average Bonchev–Trinajstić information content (AvgIpc) is 3.04. The molecule has 1 aromatic rings. The normalized spacial score (nSPS) is 27.0. The lowest BCUT2D eigenvalue weighted by atomic mass is 10.2. The largest absolute Gasteiger partial charge is 0.374 e. The van der Waals surface area contributed by atoms with Gasteiger partial charge in [0.15, 0.2) is 0 Å². The Labute approximate surface area is 129 Å². The second-order valence-electron chi connectivity index (χ2n) is 5.55. The molecule has 0 spiro atoms. The highest BCUT2D eigenvalue weighted by Gasteiger charge is 2.33. The van der Waals surface area contributed by atoms with E-state index in [9.17, 15) is 8.42 Å². The third kappa shape index (κ3) is 3.09. The molecular formula is C12H19ClN4O3S. The topological polar surface area (TPSA) is 76.5 Å². The van der Waals surface area contributed by atoms with Gasteiger partial charge in [-0.3, -0.25) is 4.90 Å². The van der Waals surface area contributed by atoms with Crippen molar-refractivity contribution in [3.8, 4) is 0 Å². The summed E-state index contributed by atoms with van der Waals surface area (Å²) in [5, 5.41) is -0.0341. The molecule has 2 saturated heterocycles. The second-order valence-corrected chi connectivity index (χ2v) is 7.59. The van der Waals surface area contributed by atoms with Crippen LogP contribution < -0.4 is 4.72 Å². The Balaban J connectivity index is 1.61. The number of morpholine rings is 1. The monoisotopic (exact) mass is 334 g/mol. The smallest absolute Gasteiger partial charge is 0.261 e. The van der Waals surface area contributed by atoms with Gasteiger partial charge in [0, 0.05) is 26.2 Å². The van der Waals surface area contributed by atoms with Crippen LogP contribution in [0, 0.1) is 0 Å². The highest BCUT2D eigenvalue weighted by molar-refractivity contribution is 7.89. The zero-order valence-electron chi connectivity index (χ0n) is 11.8. The predicted octanol–water partition coefficient (Wildman–Crippen LogP) is 0.215. The van der Waals surface area contributed by atoms with E-state index in [2.05, 4.69) is 14.6 Å². The van der Waals surface area contributed by atoms with Crippen LogP contribution >= 0.6 is 11.6 Å². The number of imidazole rings is 1. The fourth-order valence-corrected chi connectivity index (χ4v) is 4.35. The van der Waals surface area contributed by atoms with Crippen LogP contribution in [0.5, 0.6) is 0 Å². The molecule has 2 fully saturated rings. The fourth-order valence-electron chi connectivity index (χ4n) is 2.85. The SMILES string of the molecule is Cn1cnc(S(=O)(=O)NCC2CN3CCCC3CO2)c1Cl. The molecular weight excluding hydrogens is 316 g/mol. The van der Waals surface area contributed by atoms with Crippen LogP contribution in [0.25, 0.3) is 0 Å². The van der Waals surface area contributed by atoms with Gasteiger partial charge in [0.25, 0.3) is 10.0 Å². The van der Waals surface area contributed by atoms with Crippen molar-refractivity contribution in [2.24, 2.45) is 7.05 Å². The summed E-state index contributed by atoms with van der Waals surface area (Å²) in [6, 6.07) is 0.503. The van der Waals surface area contributed by atoms with E-state index in [1.165, 1.54) is 23.7 Å². The highest BCUT2D eigenvalue weighted by Crippen LogP contribution is 2.23. The molecule has 2 atom stereocenters. The molecule has 2 aliphatic heterocycles. The number of fused-ring (bicyclic) bond motifs is 1. The number of hydrogen-bond donors (Lipinski definition) is 1. The molecule has 0 bridgehead atoms. The van der Waals surface area contributed by atoms with E-state index < -0.39 is 10.0 Å². The number of halogens is 1. The minimum atomic E-state index is -3.70. The summed E-state index contributed by atoms with van der Waals surface area (Å²) in [5.74, 6) is 0. The molecule has 0 amide bonds. The summed E-state index contributed by atoms with van der Waals surface area (Å²) < 4.78 is 34.1. The molecule has 21 heavy (non-hydrogen) atoms. The average molecular weight is 335 g/mol. The minimum absolute atomic E-state index is 0.103. The summed E-state index contributed by atoms with van der Waals surface area (Å²) in [6.07, 6.45) is 3.61. The first-order valence-electron chi connectivity index (χ1n) is 6.99. The summed E-state index contributed by atoms with van der Waals surface area (Å²) >= 11 is 5.93. The molecule has 1 N–H and O–H groups in total. The van der Waals surface area contributed by atoms with Crippen LogP contribution in [0.1, 0.15) is 12.8 Å². The minimum Gasteiger partial charge on any atom is -0.374 e.